The van der Waals surface area contributed by atoms with E-state index in [-0.39, 0.29) is 5.41 Å². The first-order valence-corrected chi connectivity index (χ1v) is 7.06. The van der Waals surface area contributed by atoms with E-state index in [1.807, 2.05) is 19.9 Å². The summed E-state index contributed by atoms with van der Waals surface area (Å²) >= 11 is 0. The molecule has 2 aromatic rings. The molecule has 1 saturated carbocycles. The molecule has 2 heterocycles. The summed E-state index contributed by atoms with van der Waals surface area (Å²) in [6.07, 6.45) is 5.97. The smallest absolute Gasteiger partial charge is 0.164 e. The third-order valence-corrected chi connectivity index (χ3v) is 4.36. The normalized spacial score (nSPS) is 18.9. The number of hydrogen-bond acceptors (Lipinski definition) is 4. The van der Waals surface area contributed by atoms with Gasteiger partial charge in [0.25, 0.3) is 0 Å². The van der Waals surface area contributed by atoms with Crippen LogP contribution < -0.4 is 5.73 Å². The van der Waals surface area contributed by atoms with Crippen LogP contribution in [0.2, 0.25) is 0 Å². The van der Waals surface area contributed by atoms with Gasteiger partial charge in [0.2, 0.25) is 0 Å². The maximum atomic E-state index is 6.10. The first-order valence-electron chi connectivity index (χ1n) is 7.06. The third-order valence-electron chi connectivity index (χ3n) is 4.36. The van der Waals surface area contributed by atoms with Gasteiger partial charge in [0.05, 0.1) is 0 Å². The van der Waals surface area contributed by atoms with Gasteiger partial charge in [-0.05, 0) is 26.7 Å². The zero-order valence-corrected chi connectivity index (χ0v) is 11.7. The molecule has 0 unspecified atom stereocenters. The molecule has 0 bridgehead atoms. The van der Waals surface area contributed by atoms with E-state index in [4.69, 9.17) is 5.73 Å². The summed E-state index contributed by atoms with van der Waals surface area (Å²) < 4.78 is 2.09. The monoisotopic (exact) mass is 259 g/mol. The molecule has 0 radical (unpaired) electrons. The molecule has 0 saturated heterocycles. The van der Waals surface area contributed by atoms with Crippen LogP contribution in [0.5, 0.6) is 0 Å². The Hall–Kier alpha value is -1.49. The number of aryl methyl sites for hydroxylation is 2. The van der Waals surface area contributed by atoms with Gasteiger partial charge in [-0.15, -0.1) is 10.2 Å². The van der Waals surface area contributed by atoms with Gasteiger partial charge >= 0.3 is 0 Å². The largest absolute Gasteiger partial charge is 0.329 e. The summed E-state index contributed by atoms with van der Waals surface area (Å²) in [6, 6.07) is 1.98. The van der Waals surface area contributed by atoms with Gasteiger partial charge in [0.15, 0.2) is 5.65 Å². The number of aromatic nitrogens is 4. The second-order valence-electron chi connectivity index (χ2n) is 5.71. The molecule has 0 aliphatic heterocycles. The van der Waals surface area contributed by atoms with Crippen molar-refractivity contribution in [1.29, 1.82) is 0 Å². The van der Waals surface area contributed by atoms with Crippen molar-refractivity contribution in [2.24, 2.45) is 5.73 Å². The molecule has 0 spiro atoms. The standard InChI is InChI=1S/C14H21N5/c1-10-8-12-17-18-13(19(12)11(2)16-10)14(9-15)6-4-3-5-7-14/h8H,3-7,9,15H2,1-2H3. The van der Waals surface area contributed by atoms with Crippen molar-refractivity contribution >= 4 is 5.65 Å². The Kier molecular flexibility index (Phi) is 3.01. The van der Waals surface area contributed by atoms with Gasteiger partial charge in [0, 0.05) is 23.7 Å². The molecule has 5 heteroatoms. The lowest BCUT2D eigenvalue weighted by Crippen LogP contribution is -2.39. The predicted octanol–water partition coefficient (Wildman–Crippen LogP) is 1.90. The van der Waals surface area contributed by atoms with Crippen molar-refractivity contribution in [2.45, 2.75) is 51.4 Å². The van der Waals surface area contributed by atoms with Crippen molar-refractivity contribution in [2.75, 3.05) is 6.54 Å². The Balaban J connectivity index is 2.19. The van der Waals surface area contributed by atoms with E-state index in [1.54, 1.807) is 0 Å². The lowest BCUT2D eigenvalue weighted by molar-refractivity contribution is 0.283. The summed E-state index contributed by atoms with van der Waals surface area (Å²) in [5.74, 6) is 1.96. The van der Waals surface area contributed by atoms with E-state index >= 15 is 0 Å². The average Bonchev–Trinajstić information content (AvgIpc) is 2.84. The van der Waals surface area contributed by atoms with Gasteiger partial charge in [-0.25, -0.2) is 4.98 Å². The molecule has 0 amide bonds. The van der Waals surface area contributed by atoms with Gasteiger partial charge in [-0.1, -0.05) is 19.3 Å². The van der Waals surface area contributed by atoms with Crippen molar-refractivity contribution in [3.05, 3.63) is 23.4 Å². The zero-order valence-electron chi connectivity index (χ0n) is 11.7. The van der Waals surface area contributed by atoms with E-state index < -0.39 is 0 Å². The lowest BCUT2D eigenvalue weighted by atomic mass is 9.73. The van der Waals surface area contributed by atoms with E-state index in [0.717, 1.165) is 35.8 Å². The first kappa shape index (κ1) is 12.5. The fraction of sp³-hybridized carbons (Fsp3) is 0.643. The quantitative estimate of drug-likeness (QED) is 0.894. The van der Waals surface area contributed by atoms with Gasteiger partial charge < -0.3 is 5.73 Å². The van der Waals surface area contributed by atoms with Crippen LogP contribution in [0, 0.1) is 13.8 Å². The Morgan fingerprint density at radius 3 is 2.63 bits per heavy atom. The molecule has 2 N–H and O–H groups in total. The van der Waals surface area contributed by atoms with Crippen molar-refractivity contribution in [3.8, 4) is 0 Å². The van der Waals surface area contributed by atoms with E-state index in [0.29, 0.717) is 6.54 Å². The summed E-state index contributed by atoms with van der Waals surface area (Å²) in [4.78, 5) is 4.54. The van der Waals surface area contributed by atoms with Crippen molar-refractivity contribution < 1.29 is 0 Å². The minimum atomic E-state index is -0.0145. The summed E-state index contributed by atoms with van der Waals surface area (Å²) in [5.41, 5.74) is 7.95. The van der Waals surface area contributed by atoms with Crippen LogP contribution in [-0.2, 0) is 5.41 Å². The molecule has 1 fully saturated rings. The Morgan fingerprint density at radius 2 is 1.95 bits per heavy atom. The summed E-state index contributed by atoms with van der Waals surface area (Å²) in [7, 11) is 0. The number of nitrogens with zero attached hydrogens (tertiary/aromatic N) is 4. The second kappa shape index (κ2) is 4.56. The zero-order chi connectivity index (χ0) is 13.5. The molecule has 1 aliphatic carbocycles. The van der Waals surface area contributed by atoms with Crippen LogP contribution >= 0.6 is 0 Å². The molecule has 5 nitrogen and oxygen atoms in total. The Bertz CT molecular complexity index is 595. The van der Waals surface area contributed by atoms with Crippen LogP contribution in [0.4, 0.5) is 0 Å². The lowest BCUT2D eigenvalue weighted by Gasteiger charge is -2.34. The number of nitrogens with two attached hydrogens (primary N) is 1. The second-order valence-corrected chi connectivity index (χ2v) is 5.71. The maximum absolute atomic E-state index is 6.10. The maximum Gasteiger partial charge on any atom is 0.164 e. The highest BCUT2D eigenvalue weighted by Gasteiger charge is 2.37. The number of hydrogen-bond donors (Lipinski definition) is 1. The van der Waals surface area contributed by atoms with Crippen LogP contribution in [0.15, 0.2) is 6.07 Å². The predicted molar refractivity (Wildman–Crippen MR) is 74.1 cm³/mol. The number of fused-ring (bicyclic) bond motifs is 1. The van der Waals surface area contributed by atoms with E-state index in [1.165, 1.54) is 19.3 Å². The Labute approximate surface area is 113 Å². The molecule has 0 atom stereocenters. The molecule has 2 aromatic heterocycles. The molecule has 102 valence electrons. The molecular weight excluding hydrogens is 238 g/mol. The number of rotatable bonds is 2. The fourth-order valence-electron chi connectivity index (χ4n) is 3.32. The van der Waals surface area contributed by atoms with Crippen molar-refractivity contribution in [1.82, 2.24) is 19.6 Å². The van der Waals surface area contributed by atoms with Crippen LogP contribution in [0.1, 0.15) is 49.4 Å². The summed E-state index contributed by atoms with van der Waals surface area (Å²) in [6.45, 7) is 4.64. The van der Waals surface area contributed by atoms with E-state index in [2.05, 4.69) is 19.6 Å². The topological polar surface area (TPSA) is 69.1 Å². The highest BCUT2D eigenvalue weighted by molar-refractivity contribution is 5.41. The Morgan fingerprint density at radius 1 is 1.21 bits per heavy atom. The SMILES string of the molecule is Cc1cc2nnc(C3(CN)CCCCC3)n2c(C)n1. The van der Waals surface area contributed by atoms with Crippen LogP contribution in [0.3, 0.4) is 0 Å². The first-order chi connectivity index (χ1) is 9.16. The molecule has 0 aromatic carbocycles. The molecule has 19 heavy (non-hydrogen) atoms. The minimum absolute atomic E-state index is 0.0145. The van der Waals surface area contributed by atoms with Gasteiger partial charge in [0.1, 0.15) is 11.6 Å². The molecular formula is C14H21N5. The van der Waals surface area contributed by atoms with Crippen LogP contribution in [-0.4, -0.2) is 26.1 Å². The van der Waals surface area contributed by atoms with Gasteiger partial charge in [-0.3, -0.25) is 4.40 Å². The fourth-order valence-corrected chi connectivity index (χ4v) is 3.32. The van der Waals surface area contributed by atoms with E-state index in [9.17, 15) is 0 Å². The minimum Gasteiger partial charge on any atom is -0.329 e. The third kappa shape index (κ3) is 1.92. The highest BCUT2D eigenvalue weighted by atomic mass is 15.3. The van der Waals surface area contributed by atoms with Crippen molar-refractivity contribution in [3.63, 3.8) is 0 Å². The highest BCUT2D eigenvalue weighted by Crippen LogP contribution is 2.37. The molecule has 1 aliphatic rings. The van der Waals surface area contributed by atoms with Crippen LogP contribution in [0.25, 0.3) is 5.65 Å². The molecule has 3 rings (SSSR count). The van der Waals surface area contributed by atoms with Gasteiger partial charge in [-0.2, -0.15) is 0 Å². The summed E-state index contributed by atoms with van der Waals surface area (Å²) in [5, 5.41) is 8.78. The average molecular weight is 259 g/mol.